The van der Waals surface area contributed by atoms with Gasteiger partial charge >= 0.3 is 0 Å². The number of hydrogen-bond acceptors (Lipinski definition) is 5. The highest BCUT2D eigenvalue weighted by Gasteiger charge is 2.12. The summed E-state index contributed by atoms with van der Waals surface area (Å²) in [5.41, 5.74) is 1.92. The number of rotatable bonds is 7. The lowest BCUT2D eigenvalue weighted by Gasteiger charge is -2.17. The Kier molecular flexibility index (Phi) is 5.72. The van der Waals surface area contributed by atoms with Crippen LogP contribution >= 0.6 is 0 Å². The molecule has 1 amide bonds. The molecule has 1 atom stereocenters. The van der Waals surface area contributed by atoms with Gasteiger partial charge in [0.25, 0.3) is 0 Å². The molecule has 0 spiro atoms. The first-order valence-electron chi connectivity index (χ1n) is 7.32. The topological polar surface area (TPSA) is 93.6 Å². The van der Waals surface area contributed by atoms with Crippen molar-refractivity contribution in [3.05, 3.63) is 36.7 Å². The molecule has 7 nitrogen and oxygen atoms in total. The summed E-state index contributed by atoms with van der Waals surface area (Å²) in [6, 6.07) is 8.47. The van der Waals surface area contributed by atoms with E-state index >= 15 is 0 Å². The zero-order chi connectivity index (χ0) is 16.8. The molecule has 1 aromatic carbocycles. The van der Waals surface area contributed by atoms with Crippen molar-refractivity contribution in [3.63, 3.8) is 0 Å². The lowest BCUT2D eigenvalue weighted by atomic mass is 10.1. The van der Waals surface area contributed by atoms with Gasteiger partial charge in [-0.05, 0) is 36.8 Å². The Morgan fingerprint density at radius 1 is 1.52 bits per heavy atom. The van der Waals surface area contributed by atoms with E-state index in [9.17, 15) is 9.90 Å². The molecular weight excluding hydrogens is 296 g/mol. The molecule has 0 bridgehead atoms. The highest BCUT2D eigenvalue weighted by molar-refractivity contribution is 5.75. The molecule has 0 fully saturated rings. The van der Waals surface area contributed by atoms with Crippen LogP contribution in [0.5, 0.6) is 5.75 Å². The van der Waals surface area contributed by atoms with Crippen molar-refractivity contribution in [2.24, 2.45) is 12.9 Å². The normalized spacial score (nSPS) is 12.0. The highest BCUT2D eigenvalue weighted by atomic mass is 16.5. The molecule has 0 saturated heterocycles. The van der Waals surface area contributed by atoms with Gasteiger partial charge in [0.1, 0.15) is 12.4 Å². The fourth-order valence-electron chi connectivity index (χ4n) is 2.03. The van der Waals surface area contributed by atoms with Gasteiger partial charge in [-0.25, -0.2) is 5.84 Å². The molecule has 2 rings (SSSR count). The average Bonchev–Trinajstić information content (AvgIpc) is 2.93. The Morgan fingerprint density at radius 3 is 2.96 bits per heavy atom. The number of carbonyl (C=O) groups excluding carboxylic acids is 1. The van der Waals surface area contributed by atoms with Crippen molar-refractivity contribution in [3.8, 4) is 16.9 Å². The number of aliphatic hydroxyl groups excluding tert-OH is 1. The third kappa shape index (κ3) is 5.08. The molecular formula is C16H21N4O3. The van der Waals surface area contributed by atoms with Gasteiger partial charge in [-0.1, -0.05) is 0 Å². The first kappa shape index (κ1) is 17.0. The average molecular weight is 317 g/mol. The van der Waals surface area contributed by atoms with Gasteiger partial charge in [-0.15, -0.1) is 0 Å². The molecule has 0 aliphatic heterocycles. The van der Waals surface area contributed by atoms with E-state index in [4.69, 9.17) is 10.6 Å². The number of nitrogens with two attached hydrogens (primary N) is 1. The van der Waals surface area contributed by atoms with E-state index in [0.717, 1.165) is 16.1 Å². The Balaban J connectivity index is 1.88. The molecule has 0 aliphatic rings. The number of hydrazine groups is 1. The van der Waals surface area contributed by atoms with Crippen LogP contribution in [0.25, 0.3) is 11.1 Å². The zero-order valence-corrected chi connectivity index (χ0v) is 13.3. The summed E-state index contributed by atoms with van der Waals surface area (Å²) in [5, 5.41) is 14.4. The van der Waals surface area contributed by atoms with Gasteiger partial charge in [0.05, 0.1) is 25.3 Å². The largest absolute Gasteiger partial charge is 0.492 e. The third-order valence-corrected chi connectivity index (χ3v) is 3.19. The lowest BCUT2D eigenvalue weighted by Crippen LogP contribution is -2.41. The SMILES string of the molecule is CC(O)CC(=O)N(N)CCOc1c[c]cc(-c2cnn(C)c2)c1. The Bertz CT molecular complexity index is 654. The van der Waals surface area contributed by atoms with Crippen LogP contribution < -0.4 is 10.6 Å². The van der Waals surface area contributed by atoms with Crippen LogP contribution in [0.15, 0.2) is 30.6 Å². The summed E-state index contributed by atoms with van der Waals surface area (Å²) in [5.74, 6) is 5.95. The van der Waals surface area contributed by atoms with E-state index in [1.165, 1.54) is 0 Å². The van der Waals surface area contributed by atoms with Crippen LogP contribution in [-0.4, -0.2) is 45.1 Å². The second-order valence-corrected chi connectivity index (χ2v) is 5.35. The molecule has 2 aromatic rings. The van der Waals surface area contributed by atoms with Crippen LogP contribution in [-0.2, 0) is 11.8 Å². The molecule has 1 unspecified atom stereocenters. The summed E-state index contributed by atoms with van der Waals surface area (Å²) in [6.45, 7) is 2.04. The number of amides is 1. The van der Waals surface area contributed by atoms with E-state index in [1.54, 1.807) is 23.9 Å². The molecule has 0 saturated carbocycles. The van der Waals surface area contributed by atoms with E-state index in [1.807, 2.05) is 25.4 Å². The monoisotopic (exact) mass is 317 g/mol. The lowest BCUT2D eigenvalue weighted by molar-refractivity contribution is -0.133. The van der Waals surface area contributed by atoms with Crippen LogP contribution in [0.4, 0.5) is 0 Å². The minimum atomic E-state index is -0.708. The fraction of sp³-hybridized carbons (Fsp3) is 0.375. The molecule has 0 aliphatic carbocycles. The molecule has 3 N–H and O–H groups in total. The number of aryl methyl sites for hydroxylation is 1. The summed E-state index contributed by atoms with van der Waals surface area (Å²) in [4.78, 5) is 11.6. The molecule has 1 aromatic heterocycles. The molecule has 23 heavy (non-hydrogen) atoms. The van der Waals surface area contributed by atoms with E-state index in [-0.39, 0.29) is 25.5 Å². The van der Waals surface area contributed by atoms with Gasteiger partial charge in [-0.2, -0.15) is 5.10 Å². The van der Waals surface area contributed by atoms with Gasteiger partial charge in [-0.3, -0.25) is 14.5 Å². The predicted molar refractivity (Wildman–Crippen MR) is 85.2 cm³/mol. The third-order valence-electron chi connectivity index (χ3n) is 3.19. The maximum atomic E-state index is 11.6. The summed E-state index contributed by atoms with van der Waals surface area (Å²) >= 11 is 0. The number of ether oxygens (including phenoxy) is 1. The first-order chi connectivity index (χ1) is 11.0. The maximum absolute atomic E-state index is 11.6. The zero-order valence-electron chi connectivity index (χ0n) is 13.3. The Morgan fingerprint density at radius 2 is 2.30 bits per heavy atom. The predicted octanol–water partition coefficient (Wildman–Crippen LogP) is 0.739. The molecule has 123 valence electrons. The van der Waals surface area contributed by atoms with Crippen molar-refractivity contribution >= 4 is 5.91 Å². The standard InChI is InChI=1S/C16H21N4O3/c1-12(21)8-16(22)20(17)6-7-23-15-5-3-4-13(9-15)14-10-18-19(2)11-14/h4-5,9-12,21H,6-8,17H2,1-2H3. The number of hydrogen-bond donors (Lipinski definition) is 2. The quantitative estimate of drug-likeness (QED) is 0.446. The minimum Gasteiger partial charge on any atom is -0.492 e. The summed E-state index contributed by atoms with van der Waals surface area (Å²) in [7, 11) is 1.85. The summed E-state index contributed by atoms with van der Waals surface area (Å²) < 4.78 is 7.33. The second-order valence-electron chi connectivity index (χ2n) is 5.35. The van der Waals surface area contributed by atoms with Crippen LogP contribution in [0.3, 0.4) is 0 Å². The van der Waals surface area contributed by atoms with E-state index < -0.39 is 6.10 Å². The number of aromatic nitrogens is 2. The van der Waals surface area contributed by atoms with Crippen molar-refractivity contribution in [2.75, 3.05) is 13.2 Å². The molecule has 7 heteroatoms. The smallest absolute Gasteiger partial charge is 0.239 e. The van der Waals surface area contributed by atoms with Crippen LogP contribution in [0, 0.1) is 6.07 Å². The van der Waals surface area contributed by atoms with E-state index in [0.29, 0.717) is 5.75 Å². The first-order valence-corrected chi connectivity index (χ1v) is 7.32. The van der Waals surface area contributed by atoms with Gasteiger partial charge in [0.2, 0.25) is 5.91 Å². The van der Waals surface area contributed by atoms with Gasteiger partial charge in [0.15, 0.2) is 0 Å². The van der Waals surface area contributed by atoms with Crippen molar-refractivity contribution in [1.82, 2.24) is 14.8 Å². The van der Waals surface area contributed by atoms with E-state index in [2.05, 4.69) is 11.2 Å². The summed E-state index contributed by atoms with van der Waals surface area (Å²) in [6.07, 6.45) is 2.97. The second kappa shape index (κ2) is 7.75. The number of nitrogens with zero attached hydrogens (tertiary/aromatic N) is 3. The van der Waals surface area contributed by atoms with Crippen LogP contribution in [0.2, 0.25) is 0 Å². The molecule has 1 heterocycles. The highest BCUT2D eigenvalue weighted by Crippen LogP contribution is 2.22. The minimum absolute atomic E-state index is 0.000764. The van der Waals surface area contributed by atoms with Crippen molar-refractivity contribution in [1.29, 1.82) is 0 Å². The van der Waals surface area contributed by atoms with Crippen molar-refractivity contribution < 1.29 is 14.6 Å². The molecule has 1 radical (unpaired) electrons. The van der Waals surface area contributed by atoms with Crippen LogP contribution in [0.1, 0.15) is 13.3 Å². The Hall–Kier alpha value is -2.38. The maximum Gasteiger partial charge on any atom is 0.239 e. The van der Waals surface area contributed by atoms with Gasteiger partial charge in [0, 0.05) is 18.8 Å². The van der Waals surface area contributed by atoms with Crippen molar-refractivity contribution in [2.45, 2.75) is 19.4 Å². The number of aliphatic hydroxyl groups is 1. The number of benzene rings is 1. The van der Waals surface area contributed by atoms with Gasteiger partial charge < -0.3 is 9.84 Å². The Labute approximate surface area is 135 Å². The number of carbonyl (C=O) groups is 1. The fourth-order valence-corrected chi connectivity index (χ4v) is 2.03.